The molecule has 0 spiro atoms. The van der Waals surface area contributed by atoms with Crippen molar-refractivity contribution in [1.82, 2.24) is 4.90 Å². The Morgan fingerprint density at radius 1 is 1.00 bits per heavy atom. The van der Waals surface area contributed by atoms with Crippen molar-refractivity contribution in [3.05, 3.63) is 54.3 Å². The Balaban J connectivity index is 1.86. The molecule has 0 atom stereocenters. The number of hydrogen-bond acceptors (Lipinski definition) is 2. The minimum absolute atomic E-state index is 0.201. The fourth-order valence-electron chi connectivity index (χ4n) is 2.54. The van der Waals surface area contributed by atoms with Gasteiger partial charge in [0.25, 0.3) is 0 Å². The fourth-order valence-corrected chi connectivity index (χ4v) is 2.54. The number of benzene rings is 2. The Kier molecular flexibility index (Phi) is 3.70. The summed E-state index contributed by atoms with van der Waals surface area (Å²) in [7, 11) is 2.15. The number of nitrogens with zero attached hydrogens (tertiary/aromatic N) is 2. The Morgan fingerprint density at radius 2 is 1.80 bits per heavy atom. The lowest BCUT2D eigenvalue weighted by atomic mass is 10.0. The first-order valence-corrected chi connectivity index (χ1v) is 6.93. The van der Waals surface area contributed by atoms with Crippen LogP contribution in [0.1, 0.15) is 0 Å². The normalized spacial score (nSPS) is 16.4. The highest BCUT2D eigenvalue weighted by Crippen LogP contribution is 2.25. The molecule has 0 amide bonds. The second kappa shape index (κ2) is 5.63. The Labute approximate surface area is 119 Å². The van der Waals surface area contributed by atoms with Gasteiger partial charge in [0.1, 0.15) is 5.82 Å². The molecule has 0 aliphatic carbocycles. The lowest BCUT2D eigenvalue weighted by Crippen LogP contribution is -2.44. The van der Waals surface area contributed by atoms with Crippen LogP contribution in [-0.2, 0) is 0 Å². The van der Waals surface area contributed by atoms with Gasteiger partial charge in [0, 0.05) is 31.9 Å². The number of likely N-dealkylation sites (N-methyl/N-ethyl adjacent to an activating group) is 1. The van der Waals surface area contributed by atoms with Crippen molar-refractivity contribution in [2.75, 3.05) is 38.1 Å². The molecule has 1 saturated heterocycles. The maximum absolute atomic E-state index is 13.3. The molecule has 103 valence electrons. The predicted octanol–water partition coefficient (Wildman–Crippen LogP) is 3.04. The van der Waals surface area contributed by atoms with Crippen molar-refractivity contribution in [2.24, 2.45) is 0 Å². The van der Waals surface area contributed by atoms with Gasteiger partial charge in [-0.2, -0.15) is 0 Å². The molecule has 2 nitrogen and oxygen atoms in total. The van der Waals surface area contributed by atoms with E-state index in [1.165, 1.54) is 11.8 Å². The van der Waals surface area contributed by atoms with E-state index in [-0.39, 0.29) is 5.82 Å². The Morgan fingerprint density at radius 3 is 2.55 bits per heavy atom. The lowest BCUT2D eigenvalue weighted by molar-refractivity contribution is 0.313. The highest BCUT2D eigenvalue weighted by molar-refractivity contribution is 5.68. The summed E-state index contributed by atoms with van der Waals surface area (Å²) in [5.74, 6) is -0.201. The highest BCUT2D eigenvalue weighted by atomic mass is 19.1. The predicted molar refractivity (Wildman–Crippen MR) is 80.4 cm³/mol. The van der Waals surface area contributed by atoms with Crippen molar-refractivity contribution in [3.8, 4) is 11.1 Å². The van der Waals surface area contributed by atoms with E-state index >= 15 is 0 Å². The zero-order valence-electron chi connectivity index (χ0n) is 11.6. The molecule has 1 aliphatic rings. The van der Waals surface area contributed by atoms with Gasteiger partial charge in [-0.15, -0.1) is 0 Å². The minimum Gasteiger partial charge on any atom is -0.369 e. The highest BCUT2D eigenvalue weighted by Gasteiger charge is 2.14. The van der Waals surface area contributed by atoms with Crippen LogP contribution < -0.4 is 4.90 Å². The van der Waals surface area contributed by atoms with Gasteiger partial charge in [0.15, 0.2) is 0 Å². The molecule has 0 saturated carbocycles. The van der Waals surface area contributed by atoms with Gasteiger partial charge >= 0.3 is 0 Å². The lowest BCUT2D eigenvalue weighted by Gasteiger charge is -2.34. The SMILES string of the molecule is CN1CCN(c2c[c]cc(-c3cccc(F)c3)c2)CC1. The van der Waals surface area contributed by atoms with Crippen LogP contribution in [0.5, 0.6) is 0 Å². The molecule has 2 aromatic rings. The molecule has 0 bridgehead atoms. The van der Waals surface area contributed by atoms with E-state index in [4.69, 9.17) is 0 Å². The second-order valence-corrected chi connectivity index (χ2v) is 5.28. The molecular formula is C17H18FN2. The van der Waals surface area contributed by atoms with E-state index < -0.39 is 0 Å². The van der Waals surface area contributed by atoms with E-state index in [2.05, 4.69) is 29.0 Å². The van der Waals surface area contributed by atoms with Crippen LogP contribution in [0.4, 0.5) is 10.1 Å². The summed E-state index contributed by atoms with van der Waals surface area (Å²) in [5.41, 5.74) is 3.08. The van der Waals surface area contributed by atoms with Crippen molar-refractivity contribution in [3.63, 3.8) is 0 Å². The van der Waals surface area contributed by atoms with Gasteiger partial charge in [0.2, 0.25) is 0 Å². The molecule has 1 radical (unpaired) electrons. The van der Waals surface area contributed by atoms with Crippen LogP contribution in [0.3, 0.4) is 0 Å². The standard InChI is InChI=1S/C17H18FN2/c1-19-8-10-20(11-9-19)17-7-3-5-15(13-17)14-4-2-6-16(18)12-14/h2,4-7,12-13H,8-11H2,1H3. The molecule has 0 N–H and O–H groups in total. The average Bonchev–Trinajstić information content (AvgIpc) is 2.48. The summed E-state index contributed by atoms with van der Waals surface area (Å²) in [4.78, 5) is 4.69. The zero-order valence-corrected chi connectivity index (χ0v) is 11.6. The van der Waals surface area contributed by atoms with Gasteiger partial charge < -0.3 is 9.80 Å². The quantitative estimate of drug-likeness (QED) is 0.827. The second-order valence-electron chi connectivity index (χ2n) is 5.28. The molecule has 0 unspecified atom stereocenters. The number of hydrogen-bond donors (Lipinski definition) is 0. The number of anilines is 1. The van der Waals surface area contributed by atoms with Crippen LogP contribution in [0.25, 0.3) is 11.1 Å². The molecule has 0 aromatic heterocycles. The first-order chi connectivity index (χ1) is 9.72. The molecular weight excluding hydrogens is 251 g/mol. The van der Waals surface area contributed by atoms with Gasteiger partial charge in [-0.05, 0) is 54.6 Å². The van der Waals surface area contributed by atoms with Crippen LogP contribution in [0, 0.1) is 11.9 Å². The van der Waals surface area contributed by atoms with Gasteiger partial charge in [-0.3, -0.25) is 0 Å². The van der Waals surface area contributed by atoms with Crippen LogP contribution in [0.2, 0.25) is 0 Å². The summed E-state index contributed by atoms with van der Waals surface area (Å²) >= 11 is 0. The number of halogens is 1. The molecule has 2 aromatic carbocycles. The van der Waals surface area contributed by atoms with E-state index in [0.717, 1.165) is 37.3 Å². The van der Waals surface area contributed by atoms with Crippen molar-refractivity contribution in [1.29, 1.82) is 0 Å². The first-order valence-electron chi connectivity index (χ1n) is 6.93. The topological polar surface area (TPSA) is 6.48 Å². The largest absolute Gasteiger partial charge is 0.369 e. The van der Waals surface area contributed by atoms with Gasteiger partial charge in [-0.25, -0.2) is 4.39 Å². The van der Waals surface area contributed by atoms with Crippen molar-refractivity contribution in [2.45, 2.75) is 0 Å². The van der Waals surface area contributed by atoms with Crippen molar-refractivity contribution >= 4 is 5.69 Å². The summed E-state index contributed by atoms with van der Waals surface area (Å²) in [6.45, 7) is 4.20. The van der Waals surface area contributed by atoms with Crippen LogP contribution in [0.15, 0.2) is 42.5 Å². The molecule has 3 heteroatoms. The van der Waals surface area contributed by atoms with Gasteiger partial charge in [-0.1, -0.05) is 12.1 Å². The molecule has 1 fully saturated rings. The Bertz CT molecular complexity index is 589. The zero-order chi connectivity index (χ0) is 13.9. The average molecular weight is 269 g/mol. The molecule has 1 heterocycles. The minimum atomic E-state index is -0.201. The summed E-state index contributed by atoms with van der Waals surface area (Å²) < 4.78 is 13.3. The van der Waals surface area contributed by atoms with E-state index in [0.29, 0.717) is 0 Å². The molecule has 1 aliphatic heterocycles. The third-order valence-electron chi connectivity index (χ3n) is 3.80. The monoisotopic (exact) mass is 269 g/mol. The van der Waals surface area contributed by atoms with E-state index in [1.807, 2.05) is 18.2 Å². The van der Waals surface area contributed by atoms with Gasteiger partial charge in [0.05, 0.1) is 0 Å². The van der Waals surface area contributed by atoms with E-state index in [9.17, 15) is 4.39 Å². The van der Waals surface area contributed by atoms with Crippen molar-refractivity contribution < 1.29 is 4.39 Å². The Hall–Kier alpha value is -1.87. The summed E-state index contributed by atoms with van der Waals surface area (Å²) in [5, 5.41) is 0. The maximum Gasteiger partial charge on any atom is 0.123 e. The summed E-state index contributed by atoms with van der Waals surface area (Å²) in [6.07, 6.45) is 0. The molecule has 3 rings (SSSR count). The third-order valence-corrected chi connectivity index (χ3v) is 3.80. The summed E-state index contributed by atoms with van der Waals surface area (Å²) in [6, 6.07) is 15.9. The smallest absolute Gasteiger partial charge is 0.123 e. The first kappa shape index (κ1) is 13.1. The number of rotatable bonds is 2. The fraction of sp³-hybridized carbons (Fsp3) is 0.294. The number of piperazine rings is 1. The van der Waals surface area contributed by atoms with E-state index in [1.54, 1.807) is 12.1 Å². The molecule has 20 heavy (non-hydrogen) atoms. The maximum atomic E-state index is 13.3. The third kappa shape index (κ3) is 2.83. The van der Waals surface area contributed by atoms with Crippen LogP contribution in [-0.4, -0.2) is 38.1 Å². The van der Waals surface area contributed by atoms with Crippen LogP contribution >= 0.6 is 0 Å².